The van der Waals surface area contributed by atoms with E-state index in [-0.39, 0.29) is 12.5 Å². The van der Waals surface area contributed by atoms with Crippen LogP contribution >= 0.6 is 15.9 Å². The number of nitrogens with zero attached hydrogens (tertiary/aromatic N) is 1. The van der Waals surface area contributed by atoms with Crippen molar-refractivity contribution in [1.29, 1.82) is 0 Å². The number of amides is 1. The second-order valence-electron chi connectivity index (χ2n) is 10.3. The highest BCUT2D eigenvalue weighted by atomic mass is 79.9. The van der Waals surface area contributed by atoms with E-state index in [0.717, 1.165) is 26.7 Å². The largest absolute Gasteiger partial charge is 0.497 e. The number of aliphatic hydroxyl groups is 1. The van der Waals surface area contributed by atoms with E-state index >= 15 is 0 Å². The van der Waals surface area contributed by atoms with Gasteiger partial charge < -0.3 is 24.6 Å². The molecule has 0 unspecified atom stereocenters. The van der Waals surface area contributed by atoms with Crippen molar-refractivity contribution >= 4 is 27.7 Å². The maximum atomic E-state index is 14.4. The zero-order valence-corrected chi connectivity index (χ0v) is 25.6. The number of benzene rings is 4. The van der Waals surface area contributed by atoms with Crippen LogP contribution in [0.3, 0.4) is 0 Å². The molecule has 0 spiro atoms. The SMILES string of the molecule is COc1cccc([C@H]2OC(c3ccc(OCCCO)cc3)=N[C@@]2(Cc2ccccc2Br)C(=O)NCCc2ccccc2)c1. The average Bonchev–Trinajstić information content (AvgIpc) is 3.43. The summed E-state index contributed by atoms with van der Waals surface area (Å²) in [6, 6.07) is 33.0. The van der Waals surface area contributed by atoms with Crippen LogP contribution in [0.2, 0.25) is 0 Å². The number of methoxy groups -OCH3 is 1. The van der Waals surface area contributed by atoms with E-state index in [2.05, 4.69) is 21.2 Å². The first-order valence-electron chi connectivity index (χ1n) is 14.3. The Kier molecular flexibility index (Phi) is 10.1. The Morgan fingerprint density at radius 3 is 2.49 bits per heavy atom. The van der Waals surface area contributed by atoms with E-state index in [0.29, 0.717) is 49.8 Å². The lowest BCUT2D eigenvalue weighted by molar-refractivity contribution is -0.128. The topological polar surface area (TPSA) is 89.4 Å². The molecule has 0 fully saturated rings. The predicted molar refractivity (Wildman–Crippen MR) is 171 cm³/mol. The van der Waals surface area contributed by atoms with Gasteiger partial charge in [0.15, 0.2) is 11.6 Å². The first kappa shape index (κ1) is 30.3. The summed E-state index contributed by atoms with van der Waals surface area (Å²) in [5.41, 5.74) is 2.29. The maximum absolute atomic E-state index is 14.4. The van der Waals surface area contributed by atoms with E-state index in [4.69, 9.17) is 24.3 Å². The van der Waals surface area contributed by atoms with E-state index in [9.17, 15) is 4.79 Å². The Morgan fingerprint density at radius 1 is 0.977 bits per heavy atom. The fourth-order valence-electron chi connectivity index (χ4n) is 5.14. The molecule has 1 aliphatic rings. The number of nitrogens with one attached hydrogen (secondary N) is 1. The third-order valence-corrected chi connectivity index (χ3v) is 8.16. The van der Waals surface area contributed by atoms with E-state index in [1.807, 2.05) is 103 Å². The van der Waals surface area contributed by atoms with Gasteiger partial charge in [-0.15, -0.1) is 0 Å². The van der Waals surface area contributed by atoms with Crippen LogP contribution in [-0.2, 0) is 22.4 Å². The smallest absolute Gasteiger partial charge is 0.252 e. The molecule has 0 saturated heterocycles. The third-order valence-electron chi connectivity index (χ3n) is 7.39. The third kappa shape index (κ3) is 7.27. The molecule has 0 saturated carbocycles. The molecule has 0 aromatic heterocycles. The van der Waals surface area contributed by atoms with Crippen LogP contribution in [0.5, 0.6) is 11.5 Å². The van der Waals surface area contributed by atoms with E-state index in [1.165, 1.54) is 0 Å². The standard InChI is InChI=1S/C35H35BrN2O5/c1-41-30-13-7-12-27(23-30)32-35(24-28-11-5-6-14-31(28)36,34(40)37-20-19-25-9-3-2-4-10-25)38-33(43-32)26-15-17-29(18-16-26)42-22-8-21-39/h2-7,9-18,23,32,39H,8,19-22,24H2,1H3,(H,37,40)/t32-,35-/m1/s1. The molecule has 4 aromatic rings. The fraction of sp³-hybridized carbons (Fsp3) is 0.257. The normalized spacial score (nSPS) is 17.6. The number of hydrogen-bond acceptors (Lipinski definition) is 6. The summed E-state index contributed by atoms with van der Waals surface area (Å²) in [6.45, 7) is 0.945. The zero-order chi connectivity index (χ0) is 30.1. The second kappa shape index (κ2) is 14.4. The first-order chi connectivity index (χ1) is 21.0. The van der Waals surface area contributed by atoms with Gasteiger partial charge in [-0.2, -0.15) is 0 Å². The number of aliphatic imine (C=N–C) groups is 1. The molecule has 2 atom stereocenters. The number of halogens is 1. The number of carbonyl (C=O) groups is 1. The van der Waals surface area contributed by atoms with Crippen molar-refractivity contribution in [2.45, 2.75) is 30.9 Å². The van der Waals surface area contributed by atoms with Gasteiger partial charge in [0.2, 0.25) is 5.90 Å². The summed E-state index contributed by atoms with van der Waals surface area (Å²) >= 11 is 3.68. The molecule has 7 nitrogen and oxygen atoms in total. The van der Waals surface area contributed by atoms with Gasteiger partial charge in [-0.3, -0.25) is 4.79 Å². The molecule has 1 heterocycles. The Labute approximate surface area is 260 Å². The van der Waals surface area contributed by atoms with Gasteiger partial charge in [0, 0.05) is 36.0 Å². The summed E-state index contributed by atoms with van der Waals surface area (Å²) in [5.74, 6) is 1.50. The molecule has 222 valence electrons. The van der Waals surface area contributed by atoms with Gasteiger partial charge in [-0.1, -0.05) is 76.6 Å². The van der Waals surface area contributed by atoms with Crippen molar-refractivity contribution in [3.05, 3.63) is 130 Å². The Balaban J connectivity index is 1.54. The Morgan fingerprint density at radius 2 is 1.74 bits per heavy atom. The lowest BCUT2D eigenvalue weighted by Gasteiger charge is -2.31. The Bertz CT molecular complexity index is 1540. The highest BCUT2D eigenvalue weighted by Gasteiger charge is 2.53. The lowest BCUT2D eigenvalue weighted by Crippen LogP contribution is -2.50. The fourth-order valence-corrected chi connectivity index (χ4v) is 5.56. The maximum Gasteiger partial charge on any atom is 0.252 e. The van der Waals surface area contributed by atoms with Crippen LogP contribution in [0.15, 0.2) is 113 Å². The van der Waals surface area contributed by atoms with Crippen molar-refractivity contribution in [3.8, 4) is 11.5 Å². The Hall–Kier alpha value is -4.14. The molecule has 0 radical (unpaired) electrons. The van der Waals surface area contributed by atoms with Crippen molar-refractivity contribution < 1.29 is 24.1 Å². The van der Waals surface area contributed by atoms with Crippen molar-refractivity contribution in [3.63, 3.8) is 0 Å². The first-order valence-corrected chi connectivity index (χ1v) is 15.1. The van der Waals surface area contributed by atoms with Crippen LogP contribution in [0, 0.1) is 0 Å². The molecular weight excluding hydrogens is 608 g/mol. The summed E-state index contributed by atoms with van der Waals surface area (Å²) < 4.78 is 18.8. The van der Waals surface area contributed by atoms with E-state index in [1.54, 1.807) is 7.11 Å². The number of aliphatic hydroxyl groups excluding tert-OH is 1. The molecule has 1 amide bonds. The molecule has 5 rings (SSSR count). The second-order valence-corrected chi connectivity index (χ2v) is 11.2. The van der Waals surface area contributed by atoms with Crippen LogP contribution < -0.4 is 14.8 Å². The van der Waals surface area contributed by atoms with Crippen LogP contribution in [-0.4, -0.2) is 49.3 Å². The van der Waals surface area contributed by atoms with Crippen LogP contribution in [0.1, 0.15) is 34.8 Å². The minimum absolute atomic E-state index is 0.0708. The summed E-state index contributed by atoms with van der Waals surface area (Å²) in [7, 11) is 1.62. The quantitative estimate of drug-likeness (QED) is 0.173. The highest BCUT2D eigenvalue weighted by Crippen LogP contribution is 2.44. The number of hydrogen-bond donors (Lipinski definition) is 2. The summed E-state index contributed by atoms with van der Waals surface area (Å²) in [5, 5.41) is 12.2. The zero-order valence-electron chi connectivity index (χ0n) is 24.0. The van der Waals surface area contributed by atoms with Gasteiger partial charge in [-0.05, 0) is 65.6 Å². The highest BCUT2D eigenvalue weighted by molar-refractivity contribution is 9.10. The lowest BCUT2D eigenvalue weighted by atomic mass is 9.82. The van der Waals surface area contributed by atoms with Crippen molar-refractivity contribution in [1.82, 2.24) is 5.32 Å². The molecule has 8 heteroatoms. The molecule has 0 aliphatic carbocycles. The minimum Gasteiger partial charge on any atom is -0.497 e. The summed E-state index contributed by atoms with van der Waals surface area (Å²) in [4.78, 5) is 19.5. The van der Waals surface area contributed by atoms with Gasteiger partial charge in [-0.25, -0.2) is 4.99 Å². The molecule has 2 N–H and O–H groups in total. The molecule has 43 heavy (non-hydrogen) atoms. The molecular formula is C35H35BrN2O5. The van der Waals surface area contributed by atoms with Gasteiger partial charge in [0.1, 0.15) is 11.5 Å². The van der Waals surface area contributed by atoms with Gasteiger partial charge in [0.25, 0.3) is 5.91 Å². The van der Waals surface area contributed by atoms with Crippen molar-refractivity contribution in [2.75, 3.05) is 26.9 Å². The molecule has 0 bridgehead atoms. The van der Waals surface area contributed by atoms with Crippen LogP contribution in [0.25, 0.3) is 0 Å². The van der Waals surface area contributed by atoms with Crippen molar-refractivity contribution in [2.24, 2.45) is 4.99 Å². The van der Waals surface area contributed by atoms with Crippen LogP contribution in [0.4, 0.5) is 0 Å². The van der Waals surface area contributed by atoms with Gasteiger partial charge in [0.05, 0.1) is 13.7 Å². The number of ether oxygens (including phenoxy) is 3. The minimum atomic E-state index is -1.31. The molecule has 1 aliphatic heterocycles. The van der Waals surface area contributed by atoms with E-state index < -0.39 is 11.6 Å². The summed E-state index contributed by atoms with van der Waals surface area (Å²) in [6.07, 6.45) is 0.828. The average molecular weight is 644 g/mol. The number of carbonyl (C=O) groups excluding carboxylic acids is 1. The monoisotopic (exact) mass is 642 g/mol. The van der Waals surface area contributed by atoms with Gasteiger partial charge >= 0.3 is 0 Å². The number of rotatable bonds is 13. The predicted octanol–water partition coefficient (Wildman–Crippen LogP) is 6.08. The molecule has 4 aromatic carbocycles.